The maximum Gasteiger partial charge on any atom is 0.332 e. The van der Waals surface area contributed by atoms with Crippen molar-refractivity contribution in [3.63, 3.8) is 0 Å². The van der Waals surface area contributed by atoms with Gasteiger partial charge in [-0.05, 0) is 19.0 Å². The monoisotopic (exact) mass is 328 g/mol. The van der Waals surface area contributed by atoms with Crippen molar-refractivity contribution in [2.45, 2.75) is 44.2 Å². The molecular weight excluding hydrogens is 312 g/mol. The van der Waals surface area contributed by atoms with Crippen molar-refractivity contribution in [1.82, 2.24) is 9.55 Å². The fourth-order valence-electron chi connectivity index (χ4n) is 2.91. The number of nitrogen functional groups attached to an aromatic ring is 1. The minimum absolute atomic E-state index is 0.367. The van der Waals surface area contributed by atoms with Crippen LogP contribution in [0.1, 0.15) is 20.1 Å². The van der Waals surface area contributed by atoms with Crippen molar-refractivity contribution in [1.29, 1.82) is 0 Å². The van der Waals surface area contributed by atoms with Crippen LogP contribution in [0.4, 0.5) is 11.5 Å². The number of aliphatic hydroxyl groups is 1. The Morgan fingerprint density at radius 1 is 1.35 bits per heavy atom. The zero-order chi connectivity index (χ0) is 16.9. The van der Waals surface area contributed by atoms with Crippen molar-refractivity contribution in [2.75, 3.05) is 12.3 Å². The first-order valence-corrected chi connectivity index (χ1v) is 6.88. The lowest BCUT2D eigenvalue weighted by Crippen LogP contribution is -2.39. The van der Waals surface area contributed by atoms with E-state index in [9.17, 15) is 19.6 Å². The zero-order valence-electron chi connectivity index (χ0n) is 12.4. The van der Waals surface area contributed by atoms with Gasteiger partial charge in [-0.3, -0.25) is 9.78 Å². The number of aliphatic hydroxyl groups excluding tert-OH is 1. The molecule has 1 aromatic heterocycles. The molecule has 0 aromatic carbocycles. The van der Waals surface area contributed by atoms with Gasteiger partial charge in [0.15, 0.2) is 12.0 Å². The highest BCUT2D eigenvalue weighted by Gasteiger charge is 2.56. The van der Waals surface area contributed by atoms with E-state index in [0.717, 1.165) is 4.57 Å². The number of fused-ring (bicyclic) bond motifs is 1. The average Bonchev–Trinajstić information content (AvgIpc) is 2.93. The molecule has 2 saturated heterocycles. The lowest BCUT2D eigenvalue weighted by atomic mass is 10.1. The lowest BCUT2D eigenvalue weighted by Gasteiger charge is -2.25. The summed E-state index contributed by atoms with van der Waals surface area (Å²) >= 11 is 0. The number of rotatable bonds is 3. The molecule has 2 fully saturated rings. The van der Waals surface area contributed by atoms with Crippen molar-refractivity contribution in [3.8, 4) is 0 Å². The van der Waals surface area contributed by atoms with Crippen LogP contribution in [0.15, 0.2) is 14.8 Å². The Kier molecular flexibility index (Phi) is 3.59. The SMILES string of the molecule is CC1(C)OC2C(CO)OC(n3c(N)c(N=O)c(=O)[nH]c3=O)C2O1. The van der Waals surface area contributed by atoms with Crippen LogP contribution in [0.25, 0.3) is 0 Å². The summed E-state index contributed by atoms with van der Waals surface area (Å²) in [6, 6.07) is 0. The van der Waals surface area contributed by atoms with Crippen molar-refractivity contribution in [2.24, 2.45) is 5.18 Å². The first-order chi connectivity index (χ1) is 10.8. The van der Waals surface area contributed by atoms with Gasteiger partial charge in [0, 0.05) is 0 Å². The van der Waals surface area contributed by atoms with Gasteiger partial charge < -0.3 is 25.1 Å². The fraction of sp³-hybridized carbons (Fsp3) is 0.667. The minimum atomic E-state index is -1.08. The fourth-order valence-corrected chi connectivity index (χ4v) is 2.91. The summed E-state index contributed by atoms with van der Waals surface area (Å²) in [5, 5.41) is 12.0. The van der Waals surface area contributed by atoms with Gasteiger partial charge in [0.1, 0.15) is 24.1 Å². The van der Waals surface area contributed by atoms with Gasteiger partial charge in [-0.25, -0.2) is 9.36 Å². The predicted molar refractivity (Wildman–Crippen MR) is 76.0 cm³/mol. The summed E-state index contributed by atoms with van der Waals surface area (Å²) in [5.41, 5.74) is 3.22. The van der Waals surface area contributed by atoms with Crippen LogP contribution in [0, 0.1) is 4.91 Å². The van der Waals surface area contributed by atoms with Crippen LogP contribution in [-0.2, 0) is 14.2 Å². The number of nitrogens with one attached hydrogen (secondary N) is 1. The molecule has 4 N–H and O–H groups in total. The number of aromatic amines is 1. The molecule has 3 heterocycles. The molecule has 0 spiro atoms. The second-order valence-electron chi connectivity index (χ2n) is 5.77. The number of anilines is 1. The molecule has 2 aliphatic rings. The molecule has 1 aromatic rings. The van der Waals surface area contributed by atoms with Crippen LogP contribution < -0.4 is 17.0 Å². The zero-order valence-corrected chi connectivity index (χ0v) is 12.4. The van der Waals surface area contributed by atoms with E-state index < -0.39 is 53.1 Å². The van der Waals surface area contributed by atoms with E-state index in [1.165, 1.54) is 0 Å². The molecule has 4 atom stereocenters. The summed E-state index contributed by atoms with van der Waals surface area (Å²) in [6.45, 7) is 2.98. The van der Waals surface area contributed by atoms with E-state index >= 15 is 0 Å². The van der Waals surface area contributed by atoms with Crippen molar-refractivity contribution >= 4 is 11.5 Å². The lowest BCUT2D eigenvalue weighted by molar-refractivity contribution is -0.200. The van der Waals surface area contributed by atoms with E-state index in [1.807, 2.05) is 4.98 Å². The Labute approximate surface area is 128 Å². The van der Waals surface area contributed by atoms with Gasteiger partial charge >= 0.3 is 5.69 Å². The molecule has 11 nitrogen and oxygen atoms in total. The third-order valence-electron chi connectivity index (χ3n) is 3.81. The van der Waals surface area contributed by atoms with Crippen LogP contribution in [0.5, 0.6) is 0 Å². The Balaban J connectivity index is 2.11. The second kappa shape index (κ2) is 5.23. The van der Waals surface area contributed by atoms with E-state index in [4.69, 9.17) is 19.9 Å². The van der Waals surface area contributed by atoms with Crippen molar-refractivity contribution in [3.05, 3.63) is 25.7 Å². The minimum Gasteiger partial charge on any atom is -0.394 e. The third kappa shape index (κ3) is 2.37. The first-order valence-electron chi connectivity index (χ1n) is 6.88. The molecule has 11 heteroatoms. The number of H-pyrrole nitrogens is 1. The van der Waals surface area contributed by atoms with Gasteiger partial charge in [0.25, 0.3) is 5.56 Å². The smallest absolute Gasteiger partial charge is 0.332 e. The van der Waals surface area contributed by atoms with Gasteiger partial charge in [-0.15, -0.1) is 4.91 Å². The van der Waals surface area contributed by atoms with E-state index in [1.54, 1.807) is 13.8 Å². The Bertz CT molecular complexity index is 755. The normalized spacial score (nSPS) is 32.0. The molecule has 0 amide bonds. The number of aromatic nitrogens is 2. The molecule has 126 valence electrons. The molecule has 2 aliphatic heterocycles. The maximum atomic E-state index is 12.1. The quantitative estimate of drug-likeness (QED) is 0.591. The molecule has 3 rings (SSSR count). The Hall–Kier alpha value is -2.08. The molecule has 0 bridgehead atoms. The summed E-state index contributed by atoms with van der Waals surface area (Å²) < 4.78 is 17.8. The molecule has 0 radical (unpaired) electrons. The second-order valence-corrected chi connectivity index (χ2v) is 5.77. The number of ether oxygens (including phenoxy) is 3. The third-order valence-corrected chi connectivity index (χ3v) is 3.81. The number of nitrogens with zero attached hydrogens (tertiary/aromatic N) is 2. The summed E-state index contributed by atoms with van der Waals surface area (Å²) in [4.78, 5) is 36.4. The highest BCUT2D eigenvalue weighted by Crippen LogP contribution is 2.43. The van der Waals surface area contributed by atoms with Gasteiger partial charge in [-0.1, -0.05) is 0 Å². The van der Waals surface area contributed by atoms with E-state index in [-0.39, 0.29) is 6.61 Å². The number of nitrogens with two attached hydrogens (primary N) is 1. The topological polar surface area (TPSA) is 158 Å². The highest BCUT2D eigenvalue weighted by molar-refractivity contribution is 5.55. The van der Waals surface area contributed by atoms with Crippen LogP contribution >= 0.6 is 0 Å². The van der Waals surface area contributed by atoms with Crippen LogP contribution in [0.2, 0.25) is 0 Å². The molecule has 0 aliphatic carbocycles. The highest BCUT2D eigenvalue weighted by atomic mass is 16.8. The number of nitroso groups, excluding NO2 is 1. The van der Waals surface area contributed by atoms with E-state index in [0.29, 0.717) is 0 Å². The number of hydrogen-bond donors (Lipinski definition) is 3. The molecule has 23 heavy (non-hydrogen) atoms. The molecular formula is C12H16N4O7. The maximum absolute atomic E-state index is 12.1. The summed E-state index contributed by atoms with van der Waals surface area (Å²) in [5.74, 6) is -1.39. The van der Waals surface area contributed by atoms with Crippen LogP contribution in [0.3, 0.4) is 0 Å². The van der Waals surface area contributed by atoms with E-state index in [2.05, 4.69) is 5.18 Å². The first kappa shape index (κ1) is 15.8. The summed E-state index contributed by atoms with van der Waals surface area (Å²) in [6.07, 6.45) is -3.22. The number of hydrogen-bond acceptors (Lipinski definition) is 9. The Morgan fingerprint density at radius 3 is 2.61 bits per heavy atom. The molecule has 0 saturated carbocycles. The van der Waals surface area contributed by atoms with Gasteiger partial charge in [0.05, 0.1) is 6.61 Å². The Morgan fingerprint density at radius 2 is 2.00 bits per heavy atom. The molecule has 4 unspecified atom stereocenters. The standard InChI is InChI=1S/C12H16N4O7/c1-12(2)22-6-4(3-17)21-10(7(6)23-12)16-8(13)5(15-20)9(18)14-11(16)19/h4,6-7,10,17H,3,13H2,1-2H3,(H,14,18,19). The predicted octanol–water partition coefficient (Wildman–Crippen LogP) is -1.07. The average molecular weight is 328 g/mol. The van der Waals surface area contributed by atoms with Crippen LogP contribution in [-0.4, -0.2) is 45.4 Å². The largest absolute Gasteiger partial charge is 0.394 e. The van der Waals surface area contributed by atoms with Gasteiger partial charge in [-0.2, -0.15) is 0 Å². The van der Waals surface area contributed by atoms with Gasteiger partial charge in [0.2, 0.25) is 5.69 Å². The summed E-state index contributed by atoms with van der Waals surface area (Å²) in [7, 11) is 0. The van der Waals surface area contributed by atoms with Crippen molar-refractivity contribution < 1.29 is 19.3 Å².